The highest BCUT2D eigenvalue weighted by atomic mass is 35.5. The summed E-state index contributed by atoms with van der Waals surface area (Å²) in [4.78, 5) is 22.4. The van der Waals surface area contributed by atoms with Gasteiger partial charge in [-0.1, -0.05) is 11.8 Å². The molecule has 0 unspecified atom stereocenters. The van der Waals surface area contributed by atoms with Gasteiger partial charge in [-0.05, 0) is 48.4 Å². The Hall–Kier alpha value is -1.86. The number of hydrogen-bond acceptors (Lipinski definition) is 6. The Morgan fingerprint density at radius 2 is 2.18 bits per heavy atom. The topological polar surface area (TPSA) is 80.1 Å². The number of halogens is 1. The molecule has 8 heteroatoms. The molecule has 22 heavy (non-hydrogen) atoms. The molecule has 0 bridgehead atoms. The Balaban J connectivity index is 1.94. The number of amidine groups is 1. The van der Waals surface area contributed by atoms with Gasteiger partial charge in [-0.25, -0.2) is 0 Å². The van der Waals surface area contributed by atoms with Gasteiger partial charge in [0.1, 0.15) is 5.75 Å². The minimum atomic E-state index is -0.549. The van der Waals surface area contributed by atoms with Gasteiger partial charge in [0.2, 0.25) is 11.1 Å². The first-order valence-electron chi connectivity index (χ1n) is 6.58. The monoisotopic (exact) mass is 339 g/mol. The Bertz CT molecular complexity index is 616. The second kappa shape index (κ2) is 7.95. The number of ether oxygens (including phenoxy) is 1. The molecular weight excluding hydrogens is 326 g/mol. The molecule has 2 rings (SSSR count). The largest absolute Gasteiger partial charge is 0.494 e. The number of benzene rings is 1. The predicted octanol–water partition coefficient (Wildman–Crippen LogP) is 2.16. The molecule has 0 radical (unpaired) electrons. The minimum absolute atomic E-state index is 0.0281. The van der Waals surface area contributed by atoms with E-state index in [1.54, 1.807) is 6.21 Å². The van der Waals surface area contributed by atoms with Crippen LogP contribution in [0.1, 0.15) is 18.9 Å². The maximum atomic E-state index is 11.6. The lowest BCUT2D eigenvalue weighted by Crippen LogP contribution is -2.25. The molecule has 1 aliphatic heterocycles. The van der Waals surface area contributed by atoms with E-state index < -0.39 is 10.5 Å². The quantitative estimate of drug-likeness (QED) is 0.489. The summed E-state index contributed by atoms with van der Waals surface area (Å²) in [5.41, 5.74) is 0.856. The molecule has 0 spiro atoms. The molecule has 1 saturated heterocycles. The summed E-state index contributed by atoms with van der Waals surface area (Å²) in [6.07, 6.45) is 1.54. The Morgan fingerprint density at radius 3 is 2.82 bits per heavy atom. The average Bonchev–Trinajstić information content (AvgIpc) is 2.81. The van der Waals surface area contributed by atoms with Crippen LogP contribution in [-0.2, 0) is 9.59 Å². The molecule has 1 N–H and O–H groups in total. The maximum absolute atomic E-state index is 11.6. The molecule has 1 fully saturated rings. The number of carbonyl (C=O) groups is 2. The van der Waals surface area contributed by atoms with E-state index in [2.05, 4.69) is 15.5 Å². The first-order valence-corrected chi connectivity index (χ1v) is 7.84. The van der Waals surface area contributed by atoms with Crippen molar-refractivity contribution < 1.29 is 14.3 Å². The highest BCUT2D eigenvalue weighted by molar-refractivity contribution is 8.15. The van der Waals surface area contributed by atoms with E-state index in [4.69, 9.17) is 16.3 Å². The van der Waals surface area contributed by atoms with Crippen LogP contribution in [0.4, 0.5) is 0 Å². The first kappa shape index (κ1) is 16.5. The molecule has 1 aromatic carbocycles. The lowest BCUT2D eigenvalue weighted by atomic mass is 10.2. The summed E-state index contributed by atoms with van der Waals surface area (Å²) in [6, 6.07) is 7.38. The number of carbonyl (C=O) groups excluding carboxylic acids is 2. The van der Waals surface area contributed by atoms with E-state index in [9.17, 15) is 9.59 Å². The SMILES string of the molecule is CCOc1ccc(/C=N/N=C2/NC(=O)[C@H](CC(=O)Cl)S2)cc1. The van der Waals surface area contributed by atoms with Crippen LogP contribution in [0, 0.1) is 0 Å². The summed E-state index contributed by atoms with van der Waals surface area (Å²) in [6.45, 7) is 2.54. The predicted molar refractivity (Wildman–Crippen MR) is 87.6 cm³/mol. The van der Waals surface area contributed by atoms with E-state index in [1.807, 2.05) is 31.2 Å². The van der Waals surface area contributed by atoms with E-state index in [-0.39, 0.29) is 12.3 Å². The number of thioether (sulfide) groups is 1. The summed E-state index contributed by atoms with van der Waals surface area (Å²) >= 11 is 6.42. The standard InChI is InChI=1S/C14H14ClN3O3S/c1-2-21-10-5-3-9(4-6-10)8-16-18-14-17-13(20)11(22-14)7-12(15)19/h3-6,8,11H,2,7H2,1H3,(H,17,18,20)/b16-8+/t11-/m0/s1. The molecule has 1 atom stereocenters. The lowest BCUT2D eigenvalue weighted by molar-refractivity contribution is -0.121. The third-order valence-corrected chi connectivity index (χ3v) is 3.90. The van der Waals surface area contributed by atoms with Crippen molar-refractivity contribution in [3.05, 3.63) is 29.8 Å². The number of nitrogens with one attached hydrogen (secondary N) is 1. The maximum Gasteiger partial charge on any atom is 0.240 e. The van der Waals surface area contributed by atoms with Crippen molar-refractivity contribution in [3.8, 4) is 5.75 Å². The van der Waals surface area contributed by atoms with Gasteiger partial charge in [0, 0.05) is 6.42 Å². The smallest absolute Gasteiger partial charge is 0.240 e. The number of amides is 1. The van der Waals surface area contributed by atoms with Gasteiger partial charge in [-0.15, -0.1) is 5.10 Å². The van der Waals surface area contributed by atoms with E-state index in [0.717, 1.165) is 23.1 Å². The molecule has 1 aromatic rings. The van der Waals surface area contributed by atoms with Gasteiger partial charge in [-0.2, -0.15) is 5.10 Å². The number of hydrogen-bond donors (Lipinski definition) is 1. The summed E-state index contributed by atoms with van der Waals surface area (Å²) < 4.78 is 5.34. The minimum Gasteiger partial charge on any atom is -0.494 e. The van der Waals surface area contributed by atoms with Crippen molar-refractivity contribution >= 4 is 45.9 Å². The van der Waals surface area contributed by atoms with Gasteiger partial charge in [0.25, 0.3) is 0 Å². The molecule has 116 valence electrons. The summed E-state index contributed by atoms with van der Waals surface area (Å²) in [5.74, 6) is 0.507. The van der Waals surface area contributed by atoms with E-state index in [0.29, 0.717) is 11.8 Å². The normalized spacial score (nSPS) is 19.6. The Kier molecular flexibility index (Phi) is 5.97. The highest BCUT2D eigenvalue weighted by Crippen LogP contribution is 2.23. The lowest BCUT2D eigenvalue weighted by Gasteiger charge is -2.01. The zero-order chi connectivity index (χ0) is 15.9. The van der Waals surface area contributed by atoms with Crippen LogP contribution < -0.4 is 10.1 Å². The summed E-state index contributed by atoms with van der Waals surface area (Å²) in [5, 5.41) is 9.65. The van der Waals surface area contributed by atoms with E-state index >= 15 is 0 Å². The molecule has 6 nitrogen and oxygen atoms in total. The van der Waals surface area contributed by atoms with Crippen molar-refractivity contribution in [1.29, 1.82) is 0 Å². The fourth-order valence-electron chi connectivity index (χ4n) is 1.70. The van der Waals surface area contributed by atoms with Gasteiger partial charge in [-0.3, -0.25) is 9.59 Å². The number of rotatable bonds is 6. The van der Waals surface area contributed by atoms with Gasteiger partial charge in [0.05, 0.1) is 18.1 Å². The zero-order valence-corrected chi connectivity index (χ0v) is 13.4. The molecule has 1 heterocycles. The van der Waals surface area contributed by atoms with Crippen LogP contribution in [-0.4, -0.2) is 34.4 Å². The zero-order valence-electron chi connectivity index (χ0n) is 11.8. The fourth-order valence-corrected chi connectivity index (χ4v) is 2.87. The van der Waals surface area contributed by atoms with Crippen LogP contribution in [0.3, 0.4) is 0 Å². The van der Waals surface area contributed by atoms with Crippen molar-refractivity contribution in [2.45, 2.75) is 18.6 Å². The average molecular weight is 340 g/mol. The van der Waals surface area contributed by atoms with Crippen molar-refractivity contribution in [2.24, 2.45) is 10.2 Å². The second-order valence-electron chi connectivity index (χ2n) is 4.31. The van der Waals surface area contributed by atoms with Crippen molar-refractivity contribution in [2.75, 3.05) is 6.61 Å². The molecular formula is C14H14ClN3O3S. The first-order chi connectivity index (χ1) is 10.6. The molecule has 1 amide bonds. The van der Waals surface area contributed by atoms with Crippen molar-refractivity contribution in [1.82, 2.24) is 5.32 Å². The number of nitrogens with zero attached hydrogens (tertiary/aromatic N) is 2. The van der Waals surface area contributed by atoms with Gasteiger partial charge >= 0.3 is 0 Å². The van der Waals surface area contributed by atoms with Gasteiger partial charge < -0.3 is 10.1 Å². The molecule has 0 aliphatic carbocycles. The fraction of sp³-hybridized carbons (Fsp3) is 0.286. The van der Waals surface area contributed by atoms with Crippen LogP contribution in [0.5, 0.6) is 5.75 Å². The summed E-state index contributed by atoms with van der Waals surface area (Å²) in [7, 11) is 0. The third-order valence-electron chi connectivity index (χ3n) is 2.67. The van der Waals surface area contributed by atoms with Crippen LogP contribution in [0.25, 0.3) is 0 Å². The van der Waals surface area contributed by atoms with Crippen LogP contribution in [0.2, 0.25) is 0 Å². The van der Waals surface area contributed by atoms with Crippen molar-refractivity contribution in [3.63, 3.8) is 0 Å². The Labute approximate surface area is 137 Å². The van der Waals surface area contributed by atoms with Crippen LogP contribution in [0.15, 0.2) is 34.5 Å². The highest BCUT2D eigenvalue weighted by Gasteiger charge is 2.31. The van der Waals surface area contributed by atoms with E-state index in [1.165, 1.54) is 0 Å². The van der Waals surface area contributed by atoms with Gasteiger partial charge in [0.15, 0.2) is 5.17 Å². The molecule has 0 saturated carbocycles. The molecule has 0 aromatic heterocycles. The van der Waals surface area contributed by atoms with Crippen LogP contribution >= 0.6 is 23.4 Å². The Morgan fingerprint density at radius 1 is 1.45 bits per heavy atom. The second-order valence-corrected chi connectivity index (χ2v) is 5.92. The molecule has 1 aliphatic rings. The third kappa shape index (κ3) is 4.85.